The van der Waals surface area contributed by atoms with Crippen molar-refractivity contribution < 1.29 is 14.0 Å². The molecule has 1 aliphatic heterocycles. The van der Waals surface area contributed by atoms with Crippen LogP contribution in [0.25, 0.3) is 0 Å². The number of nitrogens with one attached hydrogen (secondary N) is 1. The Kier molecular flexibility index (Phi) is 4.96. The Morgan fingerprint density at radius 3 is 3.00 bits per heavy atom. The van der Waals surface area contributed by atoms with Gasteiger partial charge in [-0.2, -0.15) is 0 Å². The number of amides is 2. The van der Waals surface area contributed by atoms with Gasteiger partial charge in [-0.1, -0.05) is 23.5 Å². The van der Waals surface area contributed by atoms with E-state index in [2.05, 4.69) is 26.2 Å². The second-order valence-corrected chi connectivity index (χ2v) is 7.46. The normalized spacial score (nSPS) is 13.5. The van der Waals surface area contributed by atoms with Gasteiger partial charge in [0.1, 0.15) is 5.82 Å². The van der Waals surface area contributed by atoms with Gasteiger partial charge in [-0.05, 0) is 27.6 Å². The molecular weight excluding hydrogens is 397 g/mol. The number of halogens is 2. The minimum atomic E-state index is -0.394. The molecule has 1 N–H and O–H groups in total. The molecule has 126 valence electrons. The summed E-state index contributed by atoms with van der Waals surface area (Å²) in [5.74, 6) is -0.680. The first-order valence-electron chi connectivity index (χ1n) is 7.41. The zero-order chi connectivity index (χ0) is 17.3. The summed E-state index contributed by atoms with van der Waals surface area (Å²) in [4.78, 5) is 30.6. The maximum Gasteiger partial charge on any atom is 0.227 e. The van der Waals surface area contributed by atoms with Gasteiger partial charge in [0.2, 0.25) is 11.8 Å². The highest BCUT2D eigenvalue weighted by atomic mass is 79.9. The maximum absolute atomic E-state index is 14.0. The summed E-state index contributed by atoms with van der Waals surface area (Å²) in [6.07, 6.45) is 0.663. The number of carbonyl (C=O) groups is 2. The molecule has 2 aromatic rings. The molecule has 0 spiro atoms. The van der Waals surface area contributed by atoms with E-state index >= 15 is 0 Å². The fourth-order valence-electron chi connectivity index (χ4n) is 2.57. The summed E-state index contributed by atoms with van der Waals surface area (Å²) < 4.78 is 14.4. The van der Waals surface area contributed by atoms with E-state index in [0.717, 1.165) is 10.6 Å². The summed E-state index contributed by atoms with van der Waals surface area (Å²) in [5, 5.41) is 3.23. The maximum atomic E-state index is 14.0. The predicted molar refractivity (Wildman–Crippen MR) is 93.3 cm³/mol. The average molecular weight is 412 g/mol. The lowest BCUT2D eigenvalue weighted by molar-refractivity contribution is -0.131. The molecule has 0 unspecified atom stereocenters. The highest BCUT2D eigenvalue weighted by molar-refractivity contribution is 9.10. The first-order chi connectivity index (χ1) is 11.4. The summed E-state index contributed by atoms with van der Waals surface area (Å²) in [6.45, 7) is 2.43. The molecule has 0 saturated heterocycles. The highest BCUT2D eigenvalue weighted by Crippen LogP contribution is 2.29. The predicted octanol–water partition coefficient (Wildman–Crippen LogP) is 3.13. The smallest absolute Gasteiger partial charge is 0.227 e. The van der Waals surface area contributed by atoms with Crippen LogP contribution in [-0.2, 0) is 29.0 Å². The van der Waals surface area contributed by atoms with Crippen LogP contribution in [0.3, 0.4) is 0 Å². The molecule has 2 amide bonds. The van der Waals surface area contributed by atoms with Crippen LogP contribution >= 0.6 is 27.3 Å². The van der Waals surface area contributed by atoms with Crippen molar-refractivity contribution in [2.45, 2.75) is 26.3 Å². The molecule has 0 aliphatic carbocycles. The number of hydrogen-bond donors (Lipinski definition) is 1. The van der Waals surface area contributed by atoms with Gasteiger partial charge in [0, 0.05) is 24.8 Å². The Bertz CT molecular complexity index is 809. The number of fused-ring (bicyclic) bond motifs is 1. The molecule has 1 aliphatic rings. The largest absolute Gasteiger partial charge is 0.337 e. The van der Waals surface area contributed by atoms with Gasteiger partial charge < -0.3 is 10.2 Å². The van der Waals surface area contributed by atoms with Crippen LogP contribution in [-0.4, -0.2) is 28.2 Å². The fraction of sp³-hybridized carbons (Fsp3) is 0.312. The summed E-state index contributed by atoms with van der Waals surface area (Å²) in [6, 6.07) is 4.94. The first-order valence-corrected chi connectivity index (χ1v) is 9.02. The van der Waals surface area contributed by atoms with E-state index in [1.807, 2.05) is 0 Å². The van der Waals surface area contributed by atoms with Crippen LogP contribution in [0, 0.1) is 5.82 Å². The van der Waals surface area contributed by atoms with E-state index in [-0.39, 0.29) is 18.2 Å². The molecule has 5 nitrogen and oxygen atoms in total. The summed E-state index contributed by atoms with van der Waals surface area (Å²) in [5.41, 5.74) is 1.30. The van der Waals surface area contributed by atoms with Gasteiger partial charge in [-0.15, -0.1) is 0 Å². The standard InChI is InChI=1S/C16H15BrFN3O2S/c1-9(22)19-16-20-12-5-6-21(8-13(12)24-16)14(23)7-10-3-2-4-11(17)15(10)18/h2-4H,5-8H2,1H3,(H,19,20,22). The number of hydrogen-bond acceptors (Lipinski definition) is 4. The van der Waals surface area contributed by atoms with Crippen LogP contribution in [0.4, 0.5) is 9.52 Å². The monoisotopic (exact) mass is 411 g/mol. The molecule has 1 aromatic heterocycles. The van der Waals surface area contributed by atoms with Crippen molar-refractivity contribution in [1.29, 1.82) is 0 Å². The summed E-state index contributed by atoms with van der Waals surface area (Å²) in [7, 11) is 0. The third-order valence-corrected chi connectivity index (χ3v) is 5.35. The molecule has 0 radical (unpaired) electrons. The minimum Gasteiger partial charge on any atom is -0.337 e. The van der Waals surface area contributed by atoms with Crippen molar-refractivity contribution in [2.75, 3.05) is 11.9 Å². The number of aromatic nitrogens is 1. The first kappa shape index (κ1) is 17.0. The third kappa shape index (κ3) is 3.64. The van der Waals surface area contributed by atoms with Gasteiger partial charge >= 0.3 is 0 Å². The Morgan fingerprint density at radius 2 is 2.25 bits per heavy atom. The van der Waals surface area contributed by atoms with Crippen molar-refractivity contribution in [3.05, 3.63) is 44.6 Å². The molecule has 0 fully saturated rings. The molecule has 2 heterocycles. The molecule has 8 heteroatoms. The van der Waals surface area contributed by atoms with Gasteiger partial charge in [-0.3, -0.25) is 9.59 Å². The van der Waals surface area contributed by atoms with Crippen LogP contribution in [0.5, 0.6) is 0 Å². The second-order valence-electron chi connectivity index (χ2n) is 5.53. The number of anilines is 1. The Balaban J connectivity index is 1.70. The Hall–Kier alpha value is -1.80. The van der Waals surface area contributed by atoms with Gasteiger partial charge in [0.15, 0.2) is 5.13 Å². The van der Waals surface area contributed by atoms with Crippen LogP contribution in [0.1, 0.15) is 23.1 Å². The van der Waals surface area contributed by atoms with E-state index in [1.165, 1.54) is 18.3 Å². The molecule has 1 aromatic carbocycles. The lowest BCUT2D eigenvalue weighted by Gasteiger charge is -2.26. The number of thiazole rings is 1. The fourth-order valence-corrected chi connectivity index (χ4v) is 4.05. The van der Waals surface area contributed by atoms with Gasteiger partial charge in [-0.25, -0.2) is 9.37 Å². The molecular formula is C16H15BrFN3O2S. The summed E-state index contributed by atoms with van der Waals surface area (Å²) >= 11 is 4.51. The van der Waals surface area contributed by atoms with Crippen molar-refractivity contribution in [3.63, 3.8) is 0 Å². The Morgan fingerprint density at radius 1 is 1.46 bits per heavy atom. The lowest BCUT2D eigenvalue weighted by atomic mass is 10.1. The molecule has 0 atom stereocenters. The SMILES string of the molecule is CC(=O)Nc1nc2c(s1)CN(C(=O)Cc1cccc(Br)c1F)CC2. The van der Waals surface area contributed by atoms with Crippen molar-refractivity contribution in [1.82, 2.24) is 9.88 Å². The van der Waals surface area contributed by atoms with E-state index < -0.39 is 5.82 Å². The van der Waals surface area contributed by atoms with Crippen molar-refractivity contribution >= 4 is 44.2 Å². The molecule has 24 heavy (non-hydrogen) atoms. The van der Waals surface area contributed by atoms with Crippen LogP contribution < -0.4 is 5.32 Å². The second kappa shape index (κ2) is 6.98. The van der Waals surface area contributed by atoms with E-state index in [0.29, 0.717) is 34.7 Å². The molecule has 0 bridgehead atoms. The van der Waals surface area contributed by atoms with Gasteiger partial charge in [0.25, 0.3) is 0 Å². The van der Waals surface area contributed by atoms with Gasteiger partial charge in [0.05, 0.1) is 23.1 Å². The molecule has 0 saturated carbocycles. The van der Waals surface area contributed by atoms with E-state index in [9.17, 15) is 14.0 Å². The quantitative estimate of drug-likeness (QED) is 0.843. The minimum absolute atomic E-state index is 0.0258. The number of nitrogens with zero attached hydrogens (tertiary/aromatic N) is 2. The molecule has 3 rings (SSSR count). The zero-order valence-electron chi connectivity index (χ0n) is 12.9. The zero-order valence-corrected chi connectivity index (χ0v) is 15.3. The third-order valence-electron chi connectivity index (χ3n) is 3.74. The lowest BCUT2D eigenvalue weighted by Crippen LogP contribution is -2.36. The van der Waals surface area contributed by atoms with Crippen molar-refractivity contribution in [3.8, 4) is 0 Å². The average Bonchev–Trinajstić information content (AvgIpc) is 2.92. The highest BCUT2D eigenvalue weighted by Gasteiger charge is 2.25. The van der Waals surface area contributed by atoms with Crippen molar-refractivity contribution in [2.24, 2.45) is 0 Å². The number of benzene rings is 1. The van der Waals surface area contributed by atoms with Crippen LogP contribution in [0.2, 0.25) is 0 Å². The van der Waals surface area contributed by atoms with E-state index in [4.69, 9.17) is 0 Å². The Labute approximate surface area is 151 Å². The van der Waals surface area contributed by atoms with E-state index in [1.54, 1.807) is 23.1 Å². The van der Waals surface area contributed by atoms with Crippen LogP contribution in [0.15, 0.2) is 22.7 Å². The number of rotatable bonds is 3. The topological polar surface area (TPSA) is 62.3 Å². The number of carbonyl (C=O) groups excluding carboxylic acids is 2.